The summed E-state index contributed by atoms with van der Waals surface area (Å²) in [5.41, 5.74) is 2.87. The Hall–Kier alpha value is -1.85. The zero-order valence-electron chi connectivity index (χ0n) is 8.74. The summed E-state index contributed by atoms with van der Waals surface area (Å²) in [6.07, 6.45) is 0. The Morgan fingerprint density at radius 1 is 1.18 bits per heavy atom. The molecule has 0 aliphatic rings. The van der Waals surface area contributed by atoms with Crippen molar-refractivity contribution in [2.75, 3.05) is 10.7 Å². The van der Waals surface area contributed by atoms with Gasteiger partial charge in [-0.25, -0.2) is 15.2 Å². The molecule has 0 radical (unpaired) electrons. The van der Waals surface area contributed by atoms with Crippen molar-refractivity contribution < 1.29 is 4.39 Å². The monoisotopic (exact) mass is 252 g/mol. The number of aromatic nitrogens is 1. The maximum Gasteiger partial charge on any atom is 0.142 e. The second kappa shape index (κ2) is 4.99. The number of rotatable bonds is 3. The van der Waals surface area contributed by atoms with Crippen molar-refractivity contribution in [2.24, 2.45) is 5.84 Å². The highest BCUT2D eigenvalue weighted by atomic mass is 35.5. The predicted octanol–water partition coefficient (Wildman–Crippen LogP) is 2.90. The highest BCUT2D eigenvalue weighted by molar-refractivity contribution is 6.33. The number of hydrogen-bond acceptors (Lipinski definition) is 4. The van der Waals surface area contributed by atoms with Crippen LogP contribution in [0.5, 0.6) is 0 Å². The van der Waals surface area contributed by atoms with E-state index in [1.807, 2.05) is 0 Å². The molecule has 0 spiro atoms. The number of anilines is 3. The first-order valence-electron chi connectivity index (χ1n) is 4.85. The lowest BCUT2D eigenvalue weighted by Gasteiger charge is -2.08. The summed E-state index contributed by atoms with van der Waals surface area (Å²) < 4.78 is 13.0. The Morgan fingerprint density at radius 3 is 2.71 bits per heavy atom. The fourth-order valence-corrected chi connectivity index (χ4v) is 1.48. The fraction of sp³-hybridized carbons (Fsp3) is 0. The van der Waals surface area contributed by atoms with Crippen molar-refractivity contribution >= 4 is 28.9 Å². The van der Waals surface area contributed by atoms with Crippen molar-refractivity contribution in [3.63, 3.8) is 0 Å². The molecule has 0 unspecified atom stereocenters. The summed E-state index contributed by atoms with van der Waals surface area (Å²) in [6.45, 7) is 0. The zero-order valence-corrected chi connectivity index (χ0v) is 9.50. The van der Waals surface area contributed by atoms with Crippen LogP contribution in [0.1, 0.15) is 0 Å². The Morgan fingerprint density at radius 2 is 1.94 bits per heavy atom. The number of nitrogens with two attached hydrogens (primary N) is 1. The molecule has 0 atom stereocenters. The van der Waals surface area contributed by atoms with Gasteiger partial charge in [-0.3, -0.25) is 0 Å². The molecular weight excluding hydrogens is 243 g/mol. The van der Waals surface area contributed by atoms with Gasteiger partial charge in [0.25, 0.3) is 0 Å². The van der Waals surface area contributed by atoms with Crippen LogP contribution < -0.4 is 16.6 Å². The van der Waals surface area contributed by atoms with Crippen LogP contribution in [-0.4, -0.2) is 4.98 Å². The van der Waals surface area contributed by atoms with Gasteiger partial charge in [0.15, 0.2) is 0 Å². The molecule has 6 heteroatoms. The average Bonchev–Trinajstić information content (AvgIpc) is 2.34. The third-order valence-electron chi connectivity index (χ3n) is 2.09. The van der Waals surface area contributed by atoms with E-state index in [-0.39, 0.29) is 5.82 Å². The van der Waals surface area contributed by atoms with Crippen molar-refractivity contribution in [3.05, 3.63) is 47.2 Å². The Labute approximate surface area is 103 Å². The second-order valence-corrected chi connectivity index (χ2v) is 3.71. The number of benzene rings is 1. The van der Waals surface area contributed by atoms with Crippen molar-refractivity contribution in [1.29, 1.82) is 0 Å². The molecule has 4 nitrogen and oxygen atoms in total. The van der Waals surface area contributed by atoms with Crippen LogP contribution in [0.25, 0.3) is 0 Å². The number of nitrogen functional groups attached to an aromatic ring is 1. The van der Waals surface area contributed by atoms with E-state index >= 15 is 0 Å². The molecule has 2 aromatic rings. The smallest absolute Gasteiger partial charge is 0.142 e. The number of hydrogen-bond donors (Lipinski definition) is 3. The van der Waals surface area contributed by atoms with Gasteiger partial charge in [-0.2, -0.15) is 0 Å². The number of nitrogens with one attached hydrogen (secondary N) is 2. The lowest BCUT2D eigenvalue weighted by Crippen LogP contribution is -2.09. The van der Waals surface area contributed by atoms with Gasteiger partial charge in [-0.15, -0.1) is 0 Å². The van der Waals surface area contributed by atoms with Crippen LogP contribution in [-0.2, 0) is 0 Å². The van der Waals surface area contributed by atoms with Crippen LogP contribution in [0, 0.1) is 5.82 Å². The molecule has 0 amide bonds. The minimum absolute atomic E-state index is 0.370. The van der Waals surface area contributed by atoms with Crippen LogP contribution in [0.2, 0.25) is 5.02 Å². The maximum atomic E-state index is 13.0. The topological polar surface area (TPSA) is 63.0 Å². The number of hydrazine groups is 1. The van der Waals surface area contributed by atoms with E-state index in [0.29, 0.717) is 22.3 Å². The number of nitrogens with zero attached hydrogens (tertiary/aromatic N) is 1. The Kier molecular flexibility index (Phi) is 3.41. The highest BCUT2D eigenvalue weighted by Crippen LogP contribution is 2.25. The molecule has 0 bridgehead atoms. The second-order valence-electron chi connectivity index (χ2n) is 3.30. The molecule has 0 aliphatic heterocycles. The minimum Gasteiger partial charge on any atom is -0.339 e. The lowest BCUT2D eigenvalue weighted by molar-refractivity contribution is 0.628. The van der Waals surface area contributed by atoms with Crippen molar-refractivity contribution in [2.45, 2.75) is 0 Å². The van der Waals surface area contributed by atoms with Crippen LogP contribution in [0.3, 0.4) is 0 Å². The predicted molar refractivity (Wildman–Crippen MR) is 66.7 cm³/mol. The fourth-order valence-electron chi connectivity index (χ4n) is 1.32. The summed E-state index contributed by atoms with van der Waals surface area (Å²) in [7, 11) is 0. The molecule has 0 fully saturated rings. The van der Waals surface area contributed by atoms with Gasteiger partial charge >= 0.3 is 0 Å². The van der Waals surface area contributed by atoms with E-state index in [1.54, 1.807) is 18.2 Å². The van der Waals surface area contributed by atoms with Gasteiger partial charge in [-0.1, -0.05) is 17.7 Å². The van der Waals surface area contributed by atoms with E-state index in [4.69, 9.17) is 17.4 Å². The third kappa shape index (κ3) is 2.83. The maximum absolute atomic E-state index is 13.0. The van der Waals surface area contributed by atoms with Gasteiger partial charge in [0.2, 0.25) is 0 Å². The first-order valence-corrected chi connectivity index (χ1v) is 5.22. The SMILES string of the molecule is NNc1cccc(Nc2cc(F)ccc2Cl)n1. The molecule has 0 aliphatic carbocycles. The first-order chi connectivity index (χ1) is 8.19. The summed E-state index contributed by atoms with van der Waals surface area (Å²) in [6, 6.07) is 9.26. The van der Waals surface area contributed by atoms with Gasteiger partial charge in [0, 0.05) is 0 Å². The summed E-state index contributed by atoms with van der Waals surface area (Å²) in [5, 5.41) is 3.33. The molecule has 1 heterocycles. The molecular formula is C11H10ClFN4. The van der Waals surface area contributed by atoms with E-state index in [9.17, 15) is 4.39 Å². The Bertz CT molecular complexity index is 533. The molecule has 1 aromatic carbocycles. The molecule has 0 saturated carbocycles. The lowest BCUT2D eigenvalue weighted by atomic mass is 10.3. The van der Waals surface area contributed by atoms with Gasteiger partial charge in [-0.05, 0) is 30.3 Å². The molecule has 17 heavy (non-hydrogen) atoms. The quantitative estimate of drug-likeness (QED) is 0.581. The van der Waals surface area contributed by atoms with E-state index in [0.717, 1.165) is 0 Å². The standard InChI is InChI=1S/C11H10ClFN4/c12-8-5-4-7(13)6-9(8)15-10-2-1-3-11(16-10)17-14/h1-6H,14H2,(H2,15,16,17). The van der Waals surface area contributed by atoms with E-state index < -0.39 is 0 Å². The van der Waals surface area contributed by atoms with E-state index in [2.05, 4.69) is 15.7 Å². The largest absolute Gasteiger partial charge is 0.339 e. The summed E-state index contributed by atoms with van der Waals surface area (Å²) in [4.78, 5) is 4.13. The molecule has 2 rings (SSSR count). The summed E-state index contributed by atoms with van der Waals surface area (Å²) in [5.74, 6) is 5.89. The first kappa shape index (κ1) is 11.6. The molecule has 4 N–H and O–H groups in total. The van der Waals surface area contributed by atoms with Gasteiger partial charge in [0.05, 0.1) is 10.7 Å². The van der Waals surface area contributed by atoms with Crippen molar-refractivity contribution in [1.82, 2.24) is 4.98 Å². The average molecular weight is 253 g/mol. The minimum atomic E-state index is -0.370. The normalized spacial score (nSPS) is 10.1. The van der Waals surface area contributed by atoms with Crippen LogP contribution in [0.4, 0.5) is 21.7 Å². The Balaban J connectivity index is 2.27. The van der Waals surface area contributed by atoms with Crippen LogP contribution >= 0.6 is 11.6 Å². The number of halogens is 2. The van der Waals surface area contributed by atoms with Crippen LogP contribution in [0.15, 0.2) is 36.4 Å². The molecule has 88 valence electrons. The number of pyridine rings is 1. The van der Waals surface area contributed by atoms with Crippen molar-refractivity contribution in [3.8, 4) is 0 Å². The van der Waals surface area contributed by atoms with Gasteiger partial charge in [0.1, 0.15) is 17.5 Å². The summed E-state index contributed by atoms with van der Waals surface area (Å²) >= 11 is 5.92. The highest BCUT2D eigenvalue weighted by Gasteiger charge is 2.03. The molecule has 1 aromatic heterocycles. The third-order valence-corrected chi connectivity index (χ3v) is 2.42. The van der Waals surface area contributed by atoms with Gasteiger partial charge < -0.3 is 10.7 Å². The van der Waals surface area contributed by atoms with E-state index in [1.165, 1.54) is 18.2 Å². The zero-order chi connectivity index (χ0) is 12.3. The molecule has 0 saturated heterocycles.